The number of benzene rings is 1. The molecule has 0 atom stereocenters. The fourth-order valence-electron chi connectivity index (χ4n) is 1.58. The first-order valence-corrected chi connectivity index (χ1v) is 7.21. The van der Waals surface area contributed by atoms with E-state index in [-0.39, 0.29) is 11.4 Å². The maximum Gasteiger partial charge on any atom is 0.416 e. The summed E-state index contributed by atoms with van der Waals surface area (Å²) in [5.74, 6) is -0.0422. The van der Waals surface area contributed by atoms with E-state index in [1.54, 1.807) is 0 Å². The minimum absolute atomic E-state index is 0.0422. The maximum atomic E-state index is 12.6. The normalized spacial score (nSPS) is 12.7. The summed E-state index contributed by atoms with van der Waals surface area (Å²) in [4.78, 5) is 0. The molecule has 22 heavy (non-hydrogen) atoms. The molecule has 0 aliphatic heterocycles. The van der Waals surface area contributed by atoms with Crippen LogP contribution >= 0.6 is 0 Å². The highest BCUT2D eigenvalue weighted by atomic mass is 32.2. The van der Waals surface area contributed by atoms with E-state index in [1.807, 2.05) is 4.72 Å². The van der Waals surface area contributed by atoms with E-state index >= 15 is 0 Å². The Bertz CT molecular complexity index is 797. The molecule has 2 aromatic rings. The average Bonchev–Trinajstić information content (AvgIpc) is 2.87. The topological polar surface area (TPSA) is 96.3 Å². The highest BCUT2D eigenvalue weighted by molar-refractivity contribution is 7.92. The third-order valence-corrected chi connectivity index (χ3v) is 3.76. The zero-order valence-corrected chi connectivity index (χ0v) is 11.5. The Morgan fingerprint density at radius 3 is 2.59 bits per heavy atom. The van der Waals surface area contributed by atoms with Gasteiger partial charge in [-0.3, -0.25) is 4.72 Å². The Balaban J connectivity index is 2.28. The van der Waals surface area contributed by atoms with Crippen LogP contribution in [0.2, 0.25) is 0 Å². The molecule has 0 bridgehead atoms. The number of halogens is 3. The van der Waals surface area contributed by atoms with Gasteiger partial charge in [0, 0.05) is 5.69 Å². The monoisotopic (exact) mass is 334 g/mol. The maximum absolute atomic E-state index is 12.6. The molecule has 0 unspecified atom stereocenters. The van der Waals surface area contributed by atoms with Crippen LogP contribution in [0.15, 0.2) is 45.9 Å². The van der Waals surface area contributed by atoms with Gasteiger partial charge in [-0.2, -0.15) is 21.6 Å². The third-order valence-electron chi connectivity index (χ3n) is 2.51. The van der Waals surface area contributed by atoms with E-state index in [4.69, 9.17) is 4.42 Å². The van der Waals surface area contributed by atoms with Crippen molar-refractivity contribution in [1.29, 1.82) is 0 Å². The predicted molar refractivity (Wildman–Crippen MR) is 70.5 cm³/mol. The Hall–Kier alpha value is -2.49. The van der Waals surface area contributed by atoms with Crippen LogP contribution in [-0.4, -0.2) is 14.6 Å². The lowest BCUT2D eigenvalue weighted by molar-refractivity contribution is -0.367. The minimum Gasteiger partial charge on any atom is -0.625 e. The van der Waals surface area contributed by atoms with E-state index in [2.05, 4.69) is 0 Å². The van der Waals surface area contributed by atoms with Crippen molar-refractivity contribution < 1.29 is 31.2 Å². The van der Waals surface area contributed by atoms with Gasteiger partial charge in [-0.15, -0.1) is 0 Å². The summed E-state index contributed by atoms with van der Waals surface area (Å²) in [7, 11) is -4.21. The van der Waals surface area contributed by atoms with Crippen LogP contribution in [0.5, 0.6) is 0 Å². The van der Waals surface area contributed by atoms with Gasteiger partial charge >= 0.3 is 6.18 Å². The Kier molecular flexibility index (Phi) is 4.13. The predicted octanol–water partition coefficient (Wildman–Crippen LogP) is 1.10. The summed E-state index contributed by atoms with van der Waals surface area (Å²) < 4.78 is 68.5. The molecule has 6 nitrogen and oxygen atoms in total. The average molecular weight is 334 g/mol. The standard InChI is InChI=1S/C12H9F3N2O4S/c13-12(14,15)8-2-1-3-9(6-8)17-22(19,20)11-5-4-10(21-11)7-16-18/h1-7,16-17H. The molecule has 0 saturated carbocycles. The number of sulfonamides is 1. The first kappa shape index (κ1) is 15.9. The van der Waals surface area contributed by atoms with Crippen molar-refractivity contribution in [3.63, 3.8) is 0 Å². The van der Waals surface area contributed by atoms with Crippen LogP contribution in [0.1, 0.15) is 11.3 Å². The Morgan fingerprint density at radius 2 is 1.95 bits per heavy atom. The molecule has 2 N–H and O–H groups in total. The molecule has 0 fully saturated rings. The summed E-state index contributed by atoms with van der Waals surface area (Å²) in [6.45, 7) is 0. The quantitative estimate of drug-likeness (QED) is 0.497. The first-order chi connectivity index (χ1) is 10.2. The van der Waals surface area contributed by atoms with Crippen LogP contribution in [0, 0.1) is 5.21 Å². The zero-order valence-electron chi connectivity index (χ0n) is 10.7. The van der Waals surface area contributed by atoms with Crippen molar-refractivity contribution in [2.75, 3.05) is 4.72 Å². The van der Waals surface area contributed by atoms with Gasteiger partial charge in [0.25, 0.3) is 10.0 Å². The summed E-state index contributed by atoms with van der Waals surface area (Å²) in [6, 6.07) is 6.00. The summed E-state index contributed by atoms with van der Waals surface area (Å²) in [5, 5.41) is 11.0. The van der Waals surface area contributed by atoms with Crippen LogP contribution in [0.25, 0.3) is 0 Å². The highest BCUT2D eigenvalue weighted by Gasteiger charge is 2.31. The van der Waals surface area contributed by atoms with Crippen LogP contribution in [0.3, 0.4) is 0 Å². The molecule has 0 aliphatic rings. The molecule has 0 radical (unpaired) electrons. The molecule has 0 spiro atoms. The number of anilines is 1. The molecule has 0 aliphatic carbocycles. The zero-order chi connectivity index (χ0) is 16.4. The molecule has 0 amide bonds. The second kappa shape index (κ2) is 5.72. The van der Waals surface area contributed by atoms with Gasteiger partial charge in [0.05, 0.1) is 5.56 Å². The van der Waals surface area contributed by atoms with Gasteiger partial charge in [-0.1, -0.05) is 6.07 Å². The fraction of sp³-hybridized carbons (Fsp3) is 0.0833. The van der Waals surface area contributed by atoms with Crippen molar-refractivity contribution in [3.05, 3.63) is 52.9 Å². The van der Waals surface area contributed by atoms with Gasteiger partial charge in [-0.25, -0.2) is 5.16 Å². The lowest BCUT2D eigenvalue weighted by Gasteiger charge is -2.10. The lowest BCUT2D eigenvalue weighted by atomic mass is 10.2. The number of alkyl halides is 3. The molecule has 118 valence electrons. The van der Waals surface area contributed by atoms with Crippen molar-refractivity contribution in [3.8, 4) is 0 Å². The van der Waals surface area contributed by atoms with E-state index in [0.29, 0.717) is 6.07 Å². The number of hydrogen-bond donors (Lipinski definition) is 2. The molecule has 1 heterocycles. The highest BCUT2D eigenvalue weighted by Crippen LogP contribution is 2.31. The van der Waals surface area contributed by atoms with E-state index in [1.165, 1.54) is 17.3 Å². The summed E-state index contributed by atoms with van der Waals surface area (Å²) in [5.41, 5.74) is -1.25. The van der Waals surface area contributed by atoms with Crippen molar-refractivity contribution in [2.24, 2.45) is 0 Å². The molecule has 2 rings (SSSR count). The second-order valence-corrected chi connectivity index (χ2v) is 5.72. The van der Waals surface area contributed by atoms with E-state index in [0.717, 1.165) is 24.4 Å². The van der Waals surface area contributed by atoms with Crippen LogP contribution in [-0.2, 0) is 16.2 Å². The van der Waals surface area contributed by atoms with Crippen molar-refractivity contribution in [1.82, 2.24) is 0 Å². The third kappa shape index (κ3) is 3.58. The Morgan fingerprint density at radius 1 is 1.23 bits per heavy atom. The lowest BCUT2D eigenvalue weighted by Crippen LogP contribution is -2.60. The molecule has 10 heteroatoms. The Labute approximate surface area is 122 Å². The summed E-state index contributed by atoms with van der Waals surface area (Å²) >= 11 is 0. The fourth-order valence-corrected chi connectivity index (χ4v) is 2.57. The number of rotatable bonds is 4. The SMILES string of the molecule is O=S(=O)(Nc1cccc(C(F)(F)F)c1)c1ccc(C=[NH+][O-])o1. The van der Waals surface area contributed by atoms with Gasteiger partial charge in [0.1, 0.15) is 0 Å². The number of furan rings is 1. The first-order valence-electron chi connectivity index (χ1n) is 5.73. The van der Waals surface area contributed by atoms with Gasteiger partial charge in [0.2, 0.25) is 11.3 Å². The van der Waals surface area contributed by atoms with Crippen molar-refractivity contribution in [2.45, 2.75) is 11.3 Å². The van der Waals surface area contributed by atoms with E-state index in [9.17, 15) is 26.8 Å². The summed E-state index contributed by atoms with van der Waals surface area (Å²) in [6.07, 6.45) is -3.71. The second-order valence-electron chi connectivity index (χ2n) is 4.10. The molecule has 0 saturated heterocycles. The van der Waals surface area contributed by atoms with Crippen molar-refractivity contribution >= 4 is 21.9 Å². The smallest absolute Gasteiger partial charge is 0.416 e. The molecular weight excluding hydrogens is 325 g/mol. The molecule has 1 aromatic heterocycles. The van der Waals surface area contributed by atoms with Gasteiger partial charge in [-0.05, 0) is 30.3 Å². The number of nitrogens with one attached hydrogen (secondary N) is 2. The van der Waals surface area contributed by atoms with Crippen LogP contribution < -0.4 is 9.88 Å². The van der Waals surface area contributed by atoms with Gasteiger partial charge < -0.3 is 9.62 Å². The largest absolute Gasteiger partial charge is 0.625 e. The molecule has 1 aromatic carbocycles. The number of hydrogen-bond acceptors (Lipinski definition) is 4. The van der Waals surface area contributed by atoms with E-state index < -0.39 is 26.9 Å². The minimum atomic E-state index is -4.59. The molecular formula is C12H9F3N2O4S. The van der Waals surface area contributed by atoms with Gasteiger partial charge in [0.15, 0.2) is 5.76 Å². The van der Waals surface area contributed by atoms with Crippen LogP contribution in [0.4, 0.5) is 18.9 Å².